The first kappa shape index (κ1) is 19.6. The molecule has 0 unspecified atom stereocenters. The summed E-state index contributed by atoms with van der Waals surface area (Å²) in [6, 6.07) is 16.7. The molecule has 2 aliphatic rings. The van der Waals surface area contributed by atoms with E-state index in [1.54, 1.807) is 0 Å². The highest BCUT2D eigenvalue weighted by atomic mass is 17.2. The van der Waals surface area contributed by atoms with E-state index < -0.39 is 0 Å². The van der Waals surface area contributed by atoms with Gasteiger partial charge in [0.1, 0.15) is 5.58 Å². The van der Waals surface area contributed by atoms with E-state index in [1.165, 1.54) is 22.2 Å². The molecule has 2 aromatic carbocycles. The lowest BCUT2D eigenvalue weighted by Crippen LogP contribution is -2.34. The summed E-state index contributed by atoms with van der Waals surface area (Å²) in [6.45, 7) is 3.90. The van der Waals surface area contributed by atoms with Crippen LogP contribution in [-0.4, -0.2) is 41.3 Å². The number of furan rings is 1. The summed E-state index contributed by atoms with van der Waals surface area (Å²) in [4.78, 5) is 12.9. The van der Waals surface area contributed by atoms with Crippen LogP contribution >= 0.6 is 0 Å². The predicted molar refractivity (Wildman–Crippen MR) is 123 cm³/mol. The topological polar surface area (TPSA) is 63.5 Å². The zero-order chi connectivity index (χ0) is 21.3. The molecule has 4 heterocycles. The lowest BCUT2D eigenvalue weighted by Gasteiger charge is -2.31. The molecule has 1 N–H and O–H groups in total. The molecule has 32 heavy (non-hydrogen) atoms. The molecular formula is C26H27N3O3. The third-order valence-corrected chi connectivity index (χ3v) is 6.84. The monoisotopic (exact) mass is 429 g/mol. The maximum atomic E-state index is 5.69. The Morgan fingerprint density at radius 1 is 1.06 bits per heavy atom. The maximum absolute atomic E-state index is 5.69. The van der Waals surface area contributed by atoms with Crippen LogP contribution in [-0.2, 0) is 17.7 Å². The normalized spacial score (nSPS) is 17.4. The van der Waals surface area contributed by atoms with Crippen molar-refractivity contribution in [2.75, 3.05) is 26.2 Å². The standard InChI is InChI=1S/C26H27N3O3/c1-2-4-26-22(3-1)21(17-30-26)9-13-29-11-7-18(8-12-29)23-16-24(28-27-23)19-5-6-25-20(15-19)10-14-31-32-25/h1-6,15-18H,7-14H2,(H,27,28). The van der Waals surface area contributed by atoms with Gasteiger partial charge in [-0.15, -0.1) is 0 Å². The molecule has 0 radical (unpaired) electrons. The van der Waals surface area contributed by atoms with Gasteiger partial charge in [-0.3, -0.25) is 5.10 Å². The van der Waals surface area contributed by atoms with Gasteiger partial charge in [0.25, 0.3) is 0 Å². The molecule has 0 bridgehead atoms. The number of hydrogen-bond donors (Lipinski definition) is 1. The minimum Gasteiger partial charge on any atom is -0.464 e. The lowest BCUT2D eigenvalue weighted by molar-refractivity contribution is -0.215. The number of aromatic amines is 1. The Morgan fingerprint density at radius 3 is 2.91 bits per heavy atom. The average molecular weight is 430 g/mol. The number of H-pyrrole nitrogens is 1. The minimum absolute atomic E-state index is 0.539. The molecule has 6 heteroatoms. The van der Waals surface area contributed by atoms with Gasteiger partial charge >= 0.3 is 0 Å². The molecule has 1 saturated heterocycles. The van der Waals surface area contributed by atoms with Crippen LogP contribution in [0.1, 0.15) is 35.6 Å². The first-order valence-corrected chi connectivity index (χ1v) is 11.5. The van der Waals surface area contributed by atoms with Crippen LogP contribution in [0.4, 0.5) is 0 Å². The molecule has 0 amide bonds. The highest BCUT2D eigenvalue weighted by Crippen LogP contribution is 2.32. The molecule has 2 aliphatic heterocycles. The fraction of sp³-hybridized carbons (Fsp3) is 0.346. The van der Waals surface area contributed by atoms with Gasteiger partial charge in [0.05, 0.1) is 18.6 Å². The van der Waals surface area contributed by atoms with Crippen molar-refractivity contribution in [2.24, 2.45) is 0 Å². The van der Waals surface area contributed by atoms with Crippen molar-refractivity contribution in [3.63, 3.8) is 0 Å². The van der Waals surface area contributed by atoms with E-state index >= 15 is 0 Å². The molecule has 2 aromatic heterocycles. The van der Waals surface area contributed by atoms with Crippen molar-refractivity contribution < 1.29 is 14.2 Å². The van der Waals surface area contributed by atoms with E-state index in [4.69, 9.17) is 14.2 Å². The largest absolute Gasteiger partial charge is 0.464 e. The van der Waals surface area contributed by atoms with Gasteiger partial charge in [-0.1, -0.05) is 18.2 Å². The van der Waals surface area contributed by atoms with Crippen LogP contribution in [0.25, 0.3) is 22.2 Å². The van der Waals surface area contributed by atoms with Crippen molar-refractivity contribution in [1.82, 2.24) is 15.1 Å². The van der Waals surface area contributed by atoms with Crippen LogP contribution in [0.5, 0.6) is 5.75 Å². The van der Waals surface area contributed by atoms with Gasteiger partial charge in [0, 0.05) is 41.1 Å². The van der Waals surface area contributed by atoms with E-state index in [-0.39, 0.29) is 0 Å². The van der Waals surface area contributed by atoms with Crippen molar-refractivity contribution >= 4 is 11.0 Å². The molecule has 4 aromatic rings. The molecule has 6 nitrogen and oxygen atoms in total. The molecule has 0 saturated carbocycles. The second-order valence-corrected chi connectivity index (χ2v) is 8.81. The number of aromatic nitrogens is 2. The third-order valence-electron chi connectivity index (χ3n) is 6.84. The van der Waals surface area contributed by atoms with Crippen LogP contribution in [0.2, 0.25) is 0 Å². The summed E-state index contributed by atoms with van der Waals surface area (Å²) in [6.07, 6.45) is 6.13. The van der Waals surface area contributed by atoms with Crippen LogP contribution in [0.3, 0.4) is 0 Å². The number of hydrogen-bond acceptors (Lipinski definition) is 5. The highest BCUT2D eigenvalue weighted by Gasteiger charge is 2.23. The number of benzene rings is 2. The predicted octanol–water partition coefficient (Wildman–Crippen LogP) is 5.11. The number of piperidine rings is 1. The Balaban J connectivity index is 1.06. The van der Waals surface area contributed by atoms with Crippen molar-refractivity contribution in [3.05, 3.63) is 71.6 Å². The Kier molecular flexibility index (Phi) is 5.17. The van der Waals surface area contributed by atoms with Gasteiger partial charge in [0.15, 0.2) is 5.75 Å². The highest BCUT2D eigenvalue weighted by molar-refractivity contribution is 5.80. The number of rotatable bonds is 5. The summed E-state index contributed by atoms with van der Waals surface area (Å²) in [5.74, 6) is 1.35. The fourth-order valence-electron chi connectivity index (χ4n) is 4.94. The smallest absolute Gasteiger partial charge is 0.168 e. The molecule has 0 spiro atoms. The SMILES string of the molecule is c1ccc2c(CCN3CCC(c4cc(-c5ccc6c(c5)CCOO6)n[nH]4)CC3)coc2c1. The van der Waals surface area contributed by atoms with Crippen LogP contribution in [0, 0.1) is 0 Å². The van der Waals surface area contributed by atoms with Crippen molar-refractivity contribution in [2.45, 2.75) is 31.6 Å². The molecule has 6 rings (SSSR count). The Morgan fingerprint density at radius 2 is 1.97 bits per heavy atom. The van der Waals surface area contributed by atoms with E-state index in [0.717, 1.165) is 67.9 Å². The molecule has 0 aliphatic carbocycles. The van der Waals surface area contributed by atoms with Crippen molar-refractivity contribution in [1.29, 1.82) is 0 Å². The van der Waals surface area contributed by atoms with Gasteiger partial charge in [-0.2, -0.15) is 9.99 Å². The Hall–Kier alpha value is -3.09. The summed E-state index contributed by atoms with van der Waals surface area (Å²) in [7, 11) is 0. The van der Waals surface area contributed by atoms with Crippen LogP contribution < -0.4 is 4.89 Å². The zero-order valence-corrected chi connectivity index (χ0v) is 18.0. The Labute approximate surface area is 187 Å². The quantitative estimate of drug-likeness (QED) is 0.447. The second-order valence-electron chi connectivity index (χ2n) is 8.81. The summed E-state index contributed by atoms with van der Waals surface area (Å²) < 4.78 is 5.69. The number of nitrogens with one attached hydrogen (secondary N) is 1. The number of fused-ring (bicyclic) bond motifs is 2. The van der Waals surface area contributed by atoms with Gasteiger partial charge in [-0.05, 0) is 68.2 Å². The minimum atomic E-state index is 0.539. The van der Waals surface area contributed by atoms with Crippen LogP contribution in [0.15, 0.2) is 59.2 Å². The Bertz CT molecular complexity index is 1220. The van der Waals surface area contributed by atoms with E-state index in [9.17, 15) is 0 Å². The van der Waals surface area contributed by atoms with E-state index in [0.29, 0.717) is 12.5 Å². The van der Waals surface area contributed by atoms with E-state index in [2.05, 4.69) is 45.4 Å². The molecular weight excluding hydrogens is 402 g/mol. The maximum Gasteiger partial charge on any atom is 0.168 e. The van der Waals surface area contributed by atoms with Crippen molar-refractivity contribution in [3.8, 4) is 17.0 Å². The second kappa shape index (κ2) is 8.45. The molecule has 1 fully saturated rings. The fourth-order valence-corrected chi connectivity index (χ4v) is 4.94. The number of nitrogens with zero attached hydrogens (tertiary/aromatic N) is 2. The first-order chi connectivity index (χ1) is 15.8. The van der Waals surface area contributed by atoms with E-state index in [1.807, 2.05) is 24.5 Å². The summed E-state index contributed by atoms with van der Waals surface area (Å²) in [5, 5.41) is 9.16. The summed E-state index contributed by atoms with van der Waals surface area (Å²) in [5.41, 5.74) is 6.85. The summed E-state index contributed by atoms with van der Waals surface area (Å²) >= 11 is 0. The molecule has 0 atom stereocenters. The number of para-hydroxylation sites is 1. The van der Waals surface area contributed by atoms with Gasteiger partial charge < -0.3 is 14.2 Å². The zero-order valence-electron chi connectivity index (χ0n) is 18.0. The molecule has 164 valence electrons. The number of likely N-dealkylation sites (tertiary alicyclic amines) is 1. The average Bonchev–Trinajstić information content (AvgIpc) is 3.51. The van der Waals surface area contributed by atoms with Gasteiger partial charge in [-0.25, -0.2) is 0 Å². The van der Waals surface area contributed by atoms with Gasteiger partial charge in [0.2, 0.25) is 0 Å². The lowest BCUT2D eigenvalue weighted by atomic mass is 9.92. The third kappa shape index (κ3) is 3.80. The first-order valence-electron chi connectivity index (χ1n) is 11.5.